The van der Waals surface area contributed by atoms with E-state index in [0.717, 1.165) is 39.9 Å². The van der Waals surface area contributed by atoms with Gasteiger partial charge in [0.25, 0.3) is 0 Å². The van der Waals surface area contributed by atoms with Gasteiger partial charge in [-0.2, -0.15) is 5.10 Å². The summed E-state index contributed by atoms with van der Waals surface area (Å²) in [5.41, 5.74) is 13.2. The van der Waals surface area contributed by atoms with Gasteiger partial charge >= 0.3 is 6.03 Å². The topological polar surface area (TPSA) is 109 Å². The number of nitrogens with two attached hydrogens (primary N) is 1. The molecule has 37 heavy (non-hydrogen) atoms. The number of carbonyl (C=O) groups is 1. The van der Waals surface area contributed by atoms with Crippen LogP contribution in [0.1, 0.15) is 37.6 Å². The van der Waals surface area contributed by atoms with Crippen LogP contribution in [0.15, 0.2) is 84.9 Å². The molecule has 7 nitrogen and oxygen atoms in total. The fourth-order valence-electron chi connectivity index (χ4n) is 4.28. The zero-order valence-electron chi connectivity index (χ0n) is 21.2. The molecule has 7 heteroatoms. The molecule has 0 atom stereocenters. The lowest BCUT2D eigenvalue weighted by atomic mass is 9.89. The summed E-state index contributed by atoms with van der Waals surface area (Å²) in [6, 6.07) is 27.6. The van der Waals surface area contributed by atoms with Gasteiger partial charge in [-0.05, 0) is 59.0 Å². The van der Waals surface area contributed by atoms with E-state index in [1.165, 1.54) is 5.56 Å². The van der Waals surface area contributed by atoms with E-state index in [2.05, 4.69) is 65.9 Å². The number of hydrogen-bond donors (Lipinski definition) is 4. The highest BCUT2D eigenvalue weighted by Gasteiger charge is 2.21. The predicted molar refractivity (Wildman–Crippen MR) is 151 cm³/mol. The first-order chi connectivity index (χ1) is 17.8. The van der Waals surface area contributed by atoms with Crippen LogP contribution in [0.2, 0.25) is 0 Å². The van der Waals surface area contributed by atoms with E-state index in [4.69, 9.17) is 10.7 Å². The molecule has 2 heterocycles. The molecule has 0 aliphatic heterocycles. The number of aromatic amines is 1. The zero-order chi connectivity index (χ0) is 26.0. The molecule has 0 spiro atoms. The average Bonchev–Trinajstić information content (AvgIpc) is 3.25. The molecule has 2 aromatic heterocycles. The summed E-state index contributed by atoms with van der Waals surface area (Å²) in [4.78, 5) is 17.4. The number of carbonyl (C=O) groups excluding carboxylic acids is 1. The van der Waals surface area contributed by atoms with Crippen LogP contribution >= 0.6 is 0 Å². The Morgan fingerprint density at radius 3 is 2.30 bits per heavy atom. The van der Waals surface area contributed by atoms with Gasteiger partial charge in [0, 0.05) is 22.5 Å². The van der Waals surface area contributed by atoms with Crippen LogP contribution in [0.4, 0.5) is 22.0 Å². The van der Waals surface area contributed by atoms with Gasteiger partial charge in [0.1, 0.15) is 5.82 Å². The first kappa shape index (κ1) is 24.1. The Kier molecular flexibility index (Phi) is 6.36. The number of benzene rings is 3. The Morgan fingerprint density at radius 1 is 0.865 bits per heavy atom. The van der Waals surface area contributed by atoms with Crippen molar-refractivity contribution in [3.05, 3.63) is 102 Å². The van der Waals surface area contributed by atoms with Crippen LogP contribution in [0.25, 0.3) is 22.2 Å². The summed E-state index contributed by atoms with van der Waals surface area (Å²) in [5.74, 6) is 0.481. The van der Waals surface area contributed by atoms with Crippen LogP contribution < -0.4 is 16.4 Å². The summed E-state index contributed by atoms with van der Waals surface area (Å²) in [5, 5.41) is 13.8. The number of H-pyrrole nitrogens is 1. The van der Waals surface area contributed by atoms with Gasteiger partial charge in [-0.15, -0.1) is 0 Å². The van der Waals surface area contributed by atoms with Crippen molar-refractivity contribution in [1.29, 1.82) is 0 Å². The standard InChI is InChI=1S/C30H30N6O/c1-30(2,3)25-18-24(26-27(31)35-36-28(26)34-25)21-12-14-22(15-13-21)32-29(37)33-23-11-7-10-20(17-23)16-19-8-5-4-6-9-19/h4-15,17-18H,16H2,1-3H3,(H2,32,33,37)(H3,31,34,35,36). The molecular formula is C30H30N6O. The van der Waals surface area contributed by atoms with Crippen LogP contribution in [0.5, 0.6) is 0 Å². The molecule has 5 rings (SSSR count). The molecule has 0 bridgehead atoms. The molecule has 0 saturated heterocycles. The number of nitrogens with zero attached hydrogens (tertiary/aromatic N) is 2. The second kappa shape index (κ2) is 9.78. The van der Waals surface area contributed by atoms with Crippen molar-refractivity contribution >= 4 is 34.3 Å². The summed E-state index contributed by atoms with van der Waals surface area (Å²) in [7, 11) is 0. The lowest BCUT2D eigenvalue weighted by Crippen LogP contribution is -2.19. The van der Waals surface area contributed by atoms with Crippen molar-refractivity contribution in [3.63, 3.8) is 0 Å². The van der Waals surface area contributed by atoms with Gasteiger partial charge in [-0.3, -0.25) is 5.10 Å². The van der Waals surface area contributed by atoms with Crippen molar-refractivity contribution in [3.8, 4) is 11.1 Å². The van der Waals surface area contributed by atoms with Crippen molar-refractivity contribution in [2.24, 2.45) is 0 Å². The number of pyridine rings is 1. The molecule has 2 amide bonds. The number of aromatic nitrogens is 3. The molecular weight excluding hydrogens is 460 g/mol. The van der Waals surface area contributed by atoms with E-state index < -0.39 is 0 Å². The van der Waals surface area contributed by atoms with Crippen LogP contribution in [-0.2, 0) is 11.8 Å². The van der Waals surface area contributed by atoms with E-state index in [1.807, 2.05) is 60.7 Å². The Balaban J connectivity index is 1.31. The SMILES string of the molecule is CC(C)(C)c1cc(-c2ccc(NC(=O)Nc3cccc(Cc4ccccc4)c3)cc2)c2c(N)[nH]nc2n1. The first-order valence-corrected chi connectivity index (χ1v) is 12.2. The highest BCUT2D eigenvalue weighted by atomic mass is 16.2. The summed E-state index contributed by atoms with van der Waals surface area (Å²) < 4.78 is 0. The lowest BCUT2D eigenvalue weighted by Gasteiger charge is -2.19. The Hall–Kier alpha value is -4.65. The van der Waals surface area contributed by atoms with Crippen molar-refractivity contribution in [2.75, 3.05) is 16.4 Å². The molecule has 0 aliphatic carbocycles. The zero-order valence-corrected chi connectivity index (χ0v) is 21.2. The molecule has 0 radical (unpaired) electrons. The smallest absolute Gasteiger partial charge is 0.323 e. The van der Waals surface area contributed by atoms with Crippen molar-refractivity contribution < 1.29 is 4.79 Å². The monoisotopic (exact) mass is 490 g/mol. The number of urea groups is 1. The normalized spacial score (nSPS) is 11.4. The number of hydrogen-bond acceptors (Lipinski definition) is 4. The number of anilines is 3. The van der Waals surface area contributed by atoms with E-state index >= 15 is 0 Å². The van der Waals surface area contributed by atoms with E-state index in [9.17, 15) is 4.79 Å². The summed E-state index contributed by atoms with van der Waals surface area (Å²) in [6.07, 6.45) is 0.805. The molecule has 0 fully saturated rings. The minimum absolute atomic E-state index is 0.144. The quantitative estimate of drug-likeness (QED) is 0.219. The second-order valence-electron chi connectivity index (χ2n) is 10.2. The van der Waals surface area contributed by atoms with E-state index in [-0.39, 0.29) is 11.4 Å². The van der Waals surface area contributed by atoms with Gasteiger partial charge in [-0.1, -0.05) is 75.4 Å². The second-order valence-corrected chi connectivity index (χ2v) is 10.2. The number of nitrogen functional groups attached to an aromatic ring is 1. The fraction of sp³-hybridized carbons (Fsp3) is 0.167. The van der Waals surface area contributed by atoms with Gasteiger partial charge in [0.15, 0.2) is 5.65 Å². The Morgan fingerprint density at radius 2 is 1.57 bits per heavy atom. The highest BCUT2D eigenvalue weighted by Crippen LogP contribution is 2.35. The third kappa shape index (κ3) is 5.46. The Labute approximate surface area is 216 Å². The predicted octanol–water partition coefficient (Wildman–Crippen LogP) is 6.74. The van der Waals surface area contributed by atoms with Gasteiger partial charge < -0.3 is 16.4 Å². The third-order valence-corrected chi connectivity index (χ3v) is 6.21. The molecule has 5 N–H and O–H groups in total. The summed E-state index contributed by atoms with van der Waals surface area (Å²) in [6.45, 7) is 6.35. The molecule has 0 aliphatic rings. The van der Waals surface area contributed by atoms with Crippen LogP contribution in [0.3, 0.4) is 0 Å². The summed E-state index contributed by atoms with van der Waals surface area (Å²) >= 11 is 0. The van der Waals surface area contributed by atoms with Crippen molar-refractivity contribution in [2.45, 2.75) is 32.6 Å². The molecule has 0 unspecified atom stereocenters. The highest BCUT2D eigenvalue weighted by molar-refractivity contribution is 6.01. The fourth-order valence-corrected chi connectivity index (χ4v) is 4.28. The molecule has 5 aromatic rings. The minimum Gasteiger partial charge on any atom is -0.383 e. The number of fused-ring (bicyclic) bond motifs is 1. The van der Waals surface area contributed by atoms with E-state index in [1.54, 1.807) is 0 Å². The van der Waals surface area contributed by atoms with Crippen molar-refractivity contribution in [1.82, 2.24) is 15.2 Å². The average molecular weight is 491 g/mol. The van der Waals surface area contributed by atoms with Gasteiger partial charge in [0.05, 0.1) is 5.39 Å². The lowest BCUT2D eigenvalue weighted by molar-refractivity contribution is 0.262. The number of nitrogens with one attached hydrogen (secondary N) is 3. The maximum atomic E-state index is 12.7. The molecule has 0 saturated carbocycles. The molecule has 186 valence electrons. The minimum atomic E-state index is -0.301. The van der Waals surface area contributed by atoms with E-state index in [0.29, 0.717) is 17.2 Å². The largest absolute Gasteiger partial charge is 0.383 e. The number of amides is 2. The maximum Gasteiger partial charge on any atom is 0.323 e. The Bertz CT molecular complexity index is 1550. The van der Waals surface area contributed by atoms with Crippen LogP contribution in [-0.4, -0.2) is 21.2 Å². The van der Waals surface area contributed by atoms with Gasteiger partial charge in [0.2, 0.25) is 0 Å². The molecule has 3 aromatic carbocycles. The maximum absolute atomic E-state index is 12.7. The first-order valence-electron chi connectivity index (χ1n) is 12.2. The number of rotatable bonds is 5. The third-order valence-electron chi connectivity index (χ3n) is 6.21. The van der Waals surface area contributed by atoms with Crippen LogP contribution in [0, 0.1) is 0 Å². The van der Waals surface area contributed by atoms with Gasteiger partial charge in [-0.25, -0.2) is 9.78 Å².